The quantitative estimate of drug-likeness (QED) is 0.436. The summed E-state index contributed by atoms with van der Waals surface area (Å²) in [5, 5.41) is 8.76. The van der Waals surface area contributed by atoms with E-state index in [-0.39, 0.29) is 0 Å². The van der Waals surface area contributed by atoms with Gasteiger partial charge in [-0.25, -0.2) is 4.68 Å². The summed E-state index contributed by atoms with van der Waals surface area (Å²) >= 11 is 6.99. The van der Waals surface area contributed by atoms with E-state index in [0.29, 0.717) is 13.2 Å². The highest BCUT2D eigenvalue weighted by molar-refractivity contribution is 7.73. The molecule has 1 N–H and O–H groups in total. The van der Waals surface area contributed by atoms with Gasteiger partial charge in [0.15, 0.2) is 3.95 Å². The Labute approximate surface area is 185 Å². The summed E-state index contributed by atoms with van der Waals surface area (Å²) in [6.45, 7) is 5.30. The molecule has 30 heavy (non-hydrogen) atoms. The van der Waals surface area contributed by atoms with Gasteiger partial charge in [0.2, 0.25) is 5.13 Å². The average Bonchev–Trinajstić information content (AvgIpc) is 3.10. The molecule has 0 radical (unpaired) electrons. The molecule has 154 valence electrons. The molecule has 6 nitrogen and oxygen atoms in total. The van der Waals surface area contributed by atoms with Crippen molar-refractivity contribution in [3.63, 3.8) is 0 Å². The van der Waals surface area contributed by atoms with E-state index in [2.05, 4.69) is 26.1 Å². The van der Waals surface area contributed by atoms with Crippen LogP contribution in [0.15, 0.2) is 54.6 Å². The fourth-order valence-corrected chi connectivity index (χ4v) is 4.22. The van der Waals surface area contributed by atoms with Gasteiger partial charge in [0, 0.05) is 31.9 Å². The number of hydrogen-bond acceptors (Lipinski definition) is 7. The van der Waals surface area contributed by atoms with Crippen LogP contribution in [0.25, 0.3) is 0 Å². The van der Waals surface area contributed by atoms with E-state index >= 15 is 0 Å². The first-order valence-corrected chi connectivity index (χ1v) is 11.0. The number of para-hydroxylation sites is 1. The summed E-state index contributed by atoms with van der Waals surface area (Å²) in [5.74, 6) is 4.31. The lowest BCUT2D eigenvalue weighted by Crippen LogP contribution is -2.46. The van der Waals surface area contributed by atoms with E-state index in [9.17, 15) is 0 Å². The van der Waals surface area contributed by atoms with Gasteiger partial charge in [0.25, 0.3) is 0 Å². The molecule has 2 heterocycles. The van der Waals surface area contributed by atoms with Gasteiger partial charge in [-0.15, -0.1) is 11.5 Å². The molecule has 0 spiro atoms. The Bertz CT molecular complexity index is 1050. The van der Waals surface area contributed by atoms with Gasteiger partial charge in [-0.1, -0.05) is 35.5 Å². The minimum Gasteiger partial charge on any atom is -0.457 e. The zero-order chi connectivity index (χ0) is 20.8. The van der Waals surface area contributed by atoms with E-state index in [4.69, 9.17) is 23.4 Å². The van der Waals surface area contributed by atoms with Crippen molar-refractivity contribution in [3.8, 4) is 23.8 Å². The van der Waals surface area contributed by atoms with Crippen LogP contribution in [-0.4, -0.2) is 52.3 Å². The lowest BCUT2D eigenvalue weighted by atomic mass is 10.3. The van der Waals surface area contributed by atoms with Crippen LogP contribution in [-0.2, 0) is 6.67 Å². The van der Waals surface area contributed by atoms with Crippen molar-refractivity contribution < 1.29 is 4.74 Å². The molecule has 0 atom stereocenters. The third-order valence-electron chi connectivity index (χ3n) is 4.80. The lowest BCUT2D eigenvalue weighted by molar-refractivity contribution is 0.112. The molecule has 1 aromatic heterocycles. The number of piperazine rings is 1. The molecule has 1 aliphatic rings. The molecular formula is C22H23N5OS2. The Hall–Kier alpha value is -2.70. The predicted octanol–water partition coefficient (Wildman–Crippen LogP) is 4.42. The van der Waals surface area contributed by atoms with Crippen LogP contribution in [0.1, 0.15) is 0 Å². The monoisotopic (exact) mass is 437 g/mol. The molecule has 0 bridgehead atoms. The molecule has 0 aliphatic carbocycles. The molecule has 1 fully saturated rings. The van der Waals surface area contributed by atoms with Gasteiger partial charge in [0.1, 0.15) is 11.5 Å². The van der Waals surface area contributed by atoms with Crippen LogP contribution in [0.2, 0.25) is 0 Å². The van der Waals surface area contributed by atoms with Crippen LogP contribution in [0.4, 0.5) is 10.8 Å². The second kappa shape index (κ2) is 9.87. The maximum Gasteiger partial charge on any atom is 0.209 e. The van der Waals surface area contributed by atoms with Crippen LogP contribution in [0.3, 0.4) is 0 Å². The lowest BCUT2D eigenvalue weighted by Gasteiger charge is -2.33. The fraction of sp³-hybridized carbons (Fsp3) is 0.273. The zero-order valence-electron chi connectivity index (χ0n) is 16.5. The van der Waals surface area contributed by atoms with Gasteiger partial charge < -0.3 is 10.1 Å². The van der Waals surface area contributed by atoms with Crippen molar-refractivity contribution in [1.82, 2.24) is 19.6 Å². The summed E-state index contributed by atoms with van der Waals surface area (Å²) in [6.07, 6.45) is 5.40. The smallest absolute Gasteiger partial charge is 0.209 e. The Balaban J connectivity index is 1.33. The molecular weight excluding hydrogens is 414 g/mol. The standard InChI is InChI=1S/C22H23N5OS2/c1-2-12-25-13-15-26(16-14-25)17-27-22(29)30-21(24-27)23-18-8-10-20(11-9-18)28-19-6-4-3-5-7-19/h1,3-11H,12-17H2,(H,23,24). The molecule has 0 unspecified atom stereocenters. The minimum absolute atomic E-state index is 0.699. The number of anilines is 2. The van der Waals surface area contributed by atoms with Crippen molar-refractivity contribution in [2.45, 2.75) is 6.67 Å². The summed E-state index contributed by atoms with van der Waals surface area (Å²) in [6, 6.07) is 17.5. The third-order valence-corrected chi connectivity index (χ3v) is 6.03. The number of rotatable bonds is 7. The number of nitrogens with one attached hydrogen (secondary N) is 1. The van der Waals surface area contributed by atoms with E-state index in [0.717, 1.165) is 52.5 Å². The molecule has 4 rings (SSSR count). The Morgan fingerprint density at radius 3 is 2.37 bits per heavy atom. The average molecular weight is 438 g/mol. The van der Waals surface area contributed by atoms with Crippen molar-refractivity contribution in [2.24, 2.45) is 0 Å². The van der Waals surface area contributed by atoms with Crippen molar-refractivity contribution in [1.29, 1.82) is 0 Å². The highest BCUT2D eigenvalue weighted by Crippen LogP contribution is 2.25. The topological polar surface area (TPSA) is 45.6 Å². The van der Waals surface area contributed by atoms with Crippen molar-refractivity contribution in [2.75, 3.05) is 38.0 Å². The number of nitrogens with zero attached hydrogens (tertiary/aromatic N) is 4. The normalized spacial score (nSPS) is 14.9. The number of aromatic nitrogens is 2. The first-order chi connectivity index (χ1) is 14.7. The van der Waals surface area contributed by atoms with Crippen LogP contribution in [0.5, 0.6) is 11.5 Å². The summed E-state index contributed by atoms with van der Waals surface area (Å²) < 4.78 is 8.47. The minimum atomic E-state index is 0.699. The van der Waals surface area contributed by atoms with Gasteiger partial charge >= 0.3 is 0 Å². The second-order valence-electron chi connectivity index (χ2n) is 6.98. The number of terminal acetylenes is 1. The molecule has 1 saturated heterocycles. The van der Waals surface area contributed by atoms with Gasteiger partial charge in [-0.2, -0.15) is 0 Å². The molecule has 1 aliphatic heterocycles. The molecule has 0 amide bonds. The van der Waals surface area contributed by atoms with Crippen molar-refractivity contribution in [3.05, 3.63) is 58.6 Å². The zero-order valence-corrected chi connectivity index (χ0v) is 18.2. The van der Waals surface area contributed by atoms with Gasteiger partial charge in [-0.05, 0) is 48.6 Å². The summed E-state index contributed by atoms with van der Waals surface area (Å²) in [7, 11) is 0. The molecule has 2 aromatic carbocycles. The SMILES string of the molecule is C#CCN1CCN(Cn2nc(Nc3ccc(Oc4ccccc4)cc3)sc2=S)CC1. The highest BCUT2D eigenvalue weighted by Gasteiger charge is 2.17. The van der Waals surface area contributed by atoms with Gasteiger partial charge in [-0.3, -0.25) is 9.80 Å². The van der Waals surface area contributed by atoms with E-state index < -0.39 is 0 Å². The Morgan fingerprint density at radius 2 is 1.67 bits per heavy atom. The number of hydrogen-bond donors (Lipinski definition) is 1. The maximum atomic E-state index is 5.83. The second-order valence-corrected chi connectivity index (χ2v) is 8.60. The first kappa shape index (κ1) is 20.6. The van der Waals surface area contributed by atoms with Gasteiger partial charge in [0.05, 0.1) is 13.2 Å². The van der Waals surface area contributed by atoms with Crippen LogP contribution < -0.4 is 10.1 Å². The van der Waals surface area contributed by atoms with Crippen molar-refractivity contribution >= 4 is 34.4 Å². The number of ether oxygens (including phenoxy) is 1. The van der Waals surface area contributed by atoms with E-state index in [1.807, 2.05) is 59.3 Å². The van der Waals surface area contributed by atoms with E-state index in [1.54, 1.807) is 0 Å². The number of benzene rings is 2. The maximum absolute atomic E-state index is 5.83. The molecule has 0 saturated carbocycles. The third kappa shape index (κ3) is 5.46. The van der Waals surface area contributed by atoms with Crippen LogP contribution >= 0.6 is 23.6 Å². The largest absolute Gasteiger partial charge is 0.457 e. The summed E-state index contributed by atoms with van der Waals surface area (Å²) in [4.78, 5) is 4.64. The highest BCUT2D eigenvalue weighted by atomic mass is 32.1. The van der Waals surface area contributed by atoms with E-state index in [1.165, 1.54) is 11.3 Å². The van der Waals surface area contributed by atoms with Crippen LogP contribution in [0, 0.1) is 16.3 Å². The Morgan fingerprint density at radius 1 is 1.00 bits per heavy atom. The fourth-order valence-electron chi connectivity index (χ4n) is 3.21. The molecule has 3 aromatic rings. The summed E-state index contributed by atoms with van der Waals surface area (Å²) in [5.41, 5.74) is 0.939. The first-order valence-electron chi connectivity index (χ1n) is 9.76. The predicted molar refractivity (Wildman–Crippen MR) is 124 cm³/mol. The Kier molecular flexibility index (Phi) is 6.77. The molecule has 8 heteroatoms.